The van der Waals surface area contributed by atoms with E-state index in [0.29, 0.717) is 12.4 Å². The van der Waals surface area contributed by atoms with E-state index in [1.54, 1.807) is 11.8 Å². The Morgan fingerprint density at radius 2 is 2.00 bits per heavy atom. The maximum atomic E-state index is 11.9. The van der Waals surface area contributed by atoms with Crippen molar-refractivity contribution in [3.05, 3.63) is 24.3 Å². The summed E-state index contributed by atoms with van der Waals surface area (Å²) in [6.45, 7) is 9.01. The molecule has 0 atom stereocenters. The SMILES string of the molecule is CCCOc1ccccc1NC(=O)CSC(C)(C)C. The highest BCUT2D eigenvalue weighted by atomic mass is 32.2. The van der Waals surface area contributed by atoms with Gasteiger partial charge in [-0.1, -0.05) is 39.8 Å². The Hall–Kier alpha value is -1.16. The van der Waals surface area contributed by atoms with Crippen molar-refractivity contribution in [2.75, 3.05) is 17.7 Å². The van der Waals surface area contributed by atoms with Gasteiger partial charge >= 0.3 is 0 Å². The molecule has 19 heavy (non-hydrogen) atoms. The van der Waals surface area contributed by atoms with Crippen LogP contribution in [0.5, 0.6) is 5.75 Å². The predicted octanol–water partition coefficient (Wildman–Crippen LogP) is 3.95. The Balaban J connectivity index is 2.58. The molecular formula is C15H23NO2S. The summed E-state index contributed by atoms with van der Waals surface area (Å²) in [6.07, 6.45) is 0.947. The molecule has 0 aromatic heterocycles. The van der Waals surface area contributed by atoms with Gasteiger partial charge in [-0.25, -0.2) is 0 Å². The normalized spacial score (nSPS) is 11.2. The van der Waals surface area contributed by atoms with Crippen LogP contribution in [0.15, 0.2) is 24.3 Å². The quantitative estimate of drug-likeness (QED) is 0.858. The summed E-state index contributed by atoms with van der Waals surface area (Å²) in [5.41, 5.74) is 0.746. The molecule has 0 fully saturated rings. The van der Waals surface area contributed by atoms with Crippen LogP contribution in [-0.4, -0.2) is 23.0 Å². The van der Waals surface area contributed by atoms with Crippen molar-refractivity contribution >= 4 is 23.4 Å². The minimum absolute atomic E-state index is 0.00692. The first-order valence-corrected chi connectivity index (χ1v) is 7.56. The van der Waals surface area contributed by atoms with E-state index in [4.69, 9.17) is 4.74 Å². The van der Waals surface area contributed by atoms with E-state index in [0.717, 1.165) is 17.9 Å². The summed E-state index contributed by atoms with van der Waals surface area (Å²) in [7, 11) is 0. The fraction of sp³-hybridized carbons (Fsp3) is 0.533. The van der Waals surface area contributed by atoms with Crippen molar-refractivity contribution in [3.8, 4) is 5.75 Å². The topological polar surface area (TPSA) is 38.3 Å². The minimum atomic E-state index is 0.00692. The van der Waals surface area contributed by atoms with Crippen molar-refractivity contribution in [3.63, 3.8) is 0 Å². The van der Waals surface area contributed by atoms with Crippen LogP contribution < -0.4 is 10.1 Å². The molecule has 0 aliphatic carbocycles. The third-order valence-corrected chi connectivity index (χ3v) is 3.53. The van der Waals surface area contributed by atoms with Gasteiger partial charge in [-0.2, -0.15) is 0 Å². The fourth-order valence-electron chi connectivity index (χ4n) is 1.38. The van der Waals surface area contributed by atoms with Gasteiger partial charge in [0.1, 0.15) is 5.75 Å². The number of amides is 1. The molecule has 1 aromatic carbocycles. The van der Waals surface area contributed by atoms with Gasteiger partial charge < -0.3 is 10.1 Å². The third kappa shape index (κ3) is 6.53. The van der Waals surface area contributed by atoms with Crippen LogP contribution >= 0.6 is 11.8 Å². The van der Waals surface area contributed by atoms with Crippen molar-refractivity contribution in [2.45, 2.75) is 38.9 Å². The average Bonchev–Trinajstić information content (AvgIpc) is 2.34. The second-order valence-corrected chi connectivity index (χ2v) is 7.10. The highest BCUT2D eigenvalue weighted by molar-refractivity contribution is 8.01. The van der Waals surface area contributed by atoms with E-state index in [1.165, 1.54) is 0 Å². The van der Waals surface area contributed by atoms with E-state index in [2.05, 4.69) is 33.0 Å². The number of hydrogen-bond acceptors (Lipinski definition) is 3. The molecule has 0 radical (unpaired) electrons. The van der Waals surface area contributed by atoms with Gasteiger partial charge in [-0.15, -0.1) is 11.8 Å². The molecule has 1 amide bonds. The number of ether oxygens (including phenoxy) is 1. The number of anilines is 1. The van der Waals surface area contributed by atoms with E-state index in [-0.39, 0.29) is 10.7 Å². The first kappa shape index (κ1) is 15.9. The highest BCUT2D eigenvalue weighted by Crippen LogP contribution is 2.26. The second-order valence-electron chi connectivity index (χ2n) is 5.29. The smallest absolute Gasteiger partial charge is 0.234 e. The van der Waals surface area contributed by atoms with Crippen LogP contribution in [0.2, 0.25) is 0 Å². The zero-order valence-corrected chi connectivity index (χ0v) is 13.0. The second kappa shape index (κ2) is 7.43. The van der Waals surface area contributed by atoms with Crippen LogP contribution in [0.25, 0.3) is 0 Å². The standard InChI is InChI=1S/C15H23NO2S/c1-5-10-18-13-9-7-6-8-12(13)16-14(17)11-19-15(2,3)4/h6-9H,5,10-11H2,1-4H3,(H,16,17). The van der Waals surface area contributed by atoms with E-state index < -0.39 is 0 Å². The van der Waals surface area contributed by atoms with Crippen molar-refractivity contribution in [1.82, 2.24) is 0 Å². The Bertz CT molecular complexity index is 413. The first-order valence-electron chi connectivity index (χ1n) is 6.58. The number of para-hydroxylation sites is 2. The predicted molar refractivity (Wildman–Crippen MR) is 83.1 cm³/mol. The first-order chi connectivity index (χ1) is 8.92. The number of thioether (sulfide) groups is 1. The average molecular weight is 281 g/mol. The maximum Gasteiger partial charge on any atom is 0.234 e. The molecule has 0 unspecified atom stereocenters. The number of benzene rings is 1. The Morgan fingerprint density at radius 1 is 1.32 bits per heavy atom. The number of nitrogens with one attached hydrogen (secondary N) is 1. The monoisotopic (exact) mass is 281 g/mol. The molecule has 0 bridgehead atoms. The molecular weight excluding hydrogens is 258 g/mol. The largest absolute Gasteiger partial charge is 0.491 e. The summed E-state index contributed by atoms with van der Waals surface area (Å²) in [5.74, 6) is 1.19. The zero-order chi connectivity index (χ0) is 14.3. The van der Waals surface area contributed by atoms with Crippen molar-refractivity contribution in [1.29, 1.82) is 0 Å². The summed E-state index contributed by atoms with van der Waals surface area (Å²) in [6, 6.07) is 7.54. The van der Waals surface area contributed by atoms with Gasteiger partial charge in [0.05, 0.1) is 18.0 Å². The van der Waals surface area contributed by atoms with E-state index in [1.807, 2.05) is 24.3 Å². The lowest BCUT2D eigenvalue weighted by Crippen LogP contribution is -2.19. The summed E-state index contributed by atoms with van der Waals surface area (Å²) < 4.78 is 5.70. The summed E-state index contributed by atoms with van der Waals surface area (Å²) >= 11 is 1.63. The summed E-state index contributed by atoms with van der Waals surface area (Å²) in [5, 5.41) is 2.91. The third-order valence-electron chi connectivity index (χ3n) is 2.26. The van der Waals surface area contributed by atoms with Crippen molar-refractivity contribution < 1.29 is 9.53 Å². The van der Waals surface area contributed by atoms with E-state index >= 15 is 0 Å². The number of rotatable bonds is 6. The highest BCUT2D eigenvalue weighted by Gasteiger charge is 2.14. The maximum absolute atomic E-state index is 11.9. The molecule has 3 nitrogen and oxygen atoms in total. The Labute approximate surface area is 120 Å². The van der Waals surface area contributed by atoms with E-state index in [9.17, 15) is 4.79 Å². The lowest BCUT2D eigenvalue weighted by Gasteiger charge is -2.17. The molecule has 1 N–H and O–H groups in total. The summed E-state index contributed by atoms with van der Waals surface area (Å²) in [4.78, 5) is 11.9. The number of carbonyl (C=O) groups excluding carboxylic acids is 1. The van der Waals surface area contributed by atoms with Crippen LogP contribution in [0.1, 0.15) is 34.1 Å². The van der Waals surface area contributed by atoms with Gasteiger partial charge in [0.2, 0.25) is 5.91 Å². The molecule has 0 heterocycles. The molecule has 0 saturated carbocycles. The molecule has 1 aromatic rings. The van der Waals surface area contributed by atoms with Crippen molar-refractivity contribution in [2.24, 2.45) is 0 Å². The van der Waals surface area contributed by atoms with Crippen LogP contribution in [0, 0.1) is 0 Å². The van der Waals surface area contributed by atoms with Gasteiger partial charge in [0, 0.05) is 4.75 Å². The number of carbonyl (C=O) groups is 1. The van der Waals surface area contributed by atoms with Gasteiger partial charge in [0.15, 0.2) is 0 Å². The fourth-order valence-corrected chi connectivity index (χ4v) is 2.01. The molecule has 0 aliphatic heterocycles. The zero-order valence-electron chi connectivity index (χ0n) is 12.2. The molecule has 1 rings (SSSR count). The van der Waals surface area contributed by atoms with Gasteiger partial charge in [0.25, 0.3) is 0 Å². The molecule has 0 aliphatic rings. The minimum Gasteiger partial charge on any atom is -0.491 e. The van der Waals surface area contributed by atoms with Crippen LogP contribution in [0.3, 0.4) is 0 Å². The van der Waals surface area contributed by atoms with Crippen LogP contribution in [-0.2, 0) is 4.79 Å². The van der Waals surface area contributed by atoms with Gasteiger partial charge in [-0.05, 0) is 18.6 Å². The lowest BCUT2D eigenvalue weighted by atomic mass is 10.3. The Morgan fingerprint density at radius 3 is 2.63 bits per heavy atom. The Kier molecular flexibility index (Phi) is 6.22. The number of hydrogen-bond donors (Lipinski definition) is 1. The molecule has 106 valence electrons. The molecule has 0 saturated heterocycles. The van der Waals surface area contributed by atoms with Crippen LogP contribution in [0.4, 0.5) is 5.69 Å². The molecule has 0 spiro atoms. The lowest BCUT2D eigenvalue weighted by molar-refractivity contribution is -0.113. The van der Waals surface area contributed by atoms with Gasteiger partial charge in [-0.3, -0.25) is 4.79 Å². The molecule has 4 heteroatoms.